The van der Waals surface area contributed by atoms with E-state index in [0.29, 0.717) is 17.5 Å². The molecule has 10 rings (SSSR count). The van der Waals surface area contributed by atoms with E-state index in [4.69, 9.17) is 15.0 Å². The molecule has 1 N–H and O–H groups in total. The summed E-state index contributed by atoms with van der Waals surface area (Å²) in [4.78, 5) is 14.8. The zero-order valence-corrected chi connectivity index (χ0v) is 31.5. The molecule has 1 aromatic heterocycles. The van der Waals surface area contributed by atoms with Crippen LogP contribution < -0.4 is 5.32 Å². The predicted molar refractivity (Wildman–Crippen MR) is 234 cm³/mol. The Balaban J connectivity index is 1.11. The zero-order chi connectivity index (χ0) is 38.2. The Bertz CT molecular complexity index is 2760. The number of anilines is 1. The van der Waals surface area contributed by atoms with Gasteiger partial charge in [0.15, 0.2) is 17.5 Å². The molecule has 0 saturated heterocycles. The molecule has 0 unspecified atom stereocenters. The Labute approximate surface area is 333 Å². The average Bonchev–Trinajstić information content (AvgIpc) is 3.60. The fourth-order valence-electron chi connectivity index (χ4n) is 8.45. The minimum Gasteiger partial charge on any atom is -0.388 e. The molecule has 0 fully saturated rings. The van der Waals surface area contributed by atoms with Gasteiger partial charge in [-0.25, -0.2) is 15.0 Å². The smallest absolute Gasteiger partial charge is 0.164 e. The standard InChI is InChI=1S/C53H38N4/c1-54-45-24-14-19-40(33-45)42-30-32-47-46-31-29-41(34-48(46)53(49(47)35-42,43-20-10-4-11-21-43)44-22-12-5-13-23-44)36-25-27-39(28-26-36)52-56-50(37-15-6-2-7-16-37)55-51(57-52)38-17-8-3-9-18-38/h2-35,54H,1H3. The SMILES string of the molecule is CNc1cccc(-c2ccc3c(c2)C(c2ccccc2)(c2ccccc2)c2cc(-c4ccc(-c5nc(-c6ccccc6)nc(-c6ccccc6)n5)cc4)ccc2-3)c1. The first-order valence-electron chi connectivity index (χ1n) is 19.4. The number of benzene rings is 8. The molecule has 57 heavy (non-hydrogen) atoms. The van der Waals surface area contributed by atoms with Gasteiger partial charge in [0.2, 0.25) is 0 Å². The maximum absolute atomic E-state index is 4.97. The molecular formula is C53H38N4. The number of hydrogen-bond donors (Lipinski definition) is 1. The topological polar surface area (TPSA) is 50.7 Å². The van der Waals surface area contributed by atoms with Crippen LogP contribution in [0.15, 0.2) is 206 Å². The first-order valence-corrected chi connectivity index (χ1v) is 19.4. The first-order chi connectivity index (χ1) is 28.2. The van der Waals surface area contributed by atoms with Crippen molar-refractivity contribution >= 4 is 5.69 Å². The molecule has 4 heteroatoms. The quantitative estimate of drug-likeness (QED) is 0.169. The normalized spacial score (nSPS) is 12.4. The van der Waals surface area contributed by atoms with Crippen LogP contribution in [0.1, 0.15) is 22.3 Å². The van der Waals surface area contributed by atoms with Crippen LogP contribution in [0.25, 0.3) is 67.5 Å². The Morgan fingerprint density at radius 2 is 0.702 bits per heavy atom. The number of nitrogens with zero attached hydrogens (tertiary/aromatic N) is 3. The first kappa shape index (κ1) is 34.1. The average molecular weight is 731 g/mol. The third-order valence-corrected chi connectivity index (χ3v) is 11.2. The van der Waals surface area contributed by atoms with Crippen molar-refractivity contribution in [3.05, 3.63) is 229 Å². The van der Waals surface area contributed by atoms with E-state index in [1.807, 2.05) is 67.7 Å². The largest absolute Gasteiger partial charge is 0.388 e. The fraction of sp³-hybridized carbons (Fsp3) is 0.0377. The number of fused-ring (bicyclic) bond motifs is 3. The maximum atomic E-state index is 4.97. The van der Waals surface area contributed by atoms with Crippen molar-refractivity contribution in [3.8, 4) is 67.5 Å². The molecule has 8 aromatic carbocycles. The zero-order valence-electron chi connectivity index (χ0n) is 31.5. The molecule has 0 spiro atoms. The predicted octanol–water partition coefficient (Wildman–Crippen LogP) is 12.6. The number of aromatic nitrogens is 3. The van der Waals surface area contributed by atoms with Crippen molar-refractivity contribution in [2.45, 2.75) is 5.41 Å². The van der Waals surface area contributed by atoms with Gasteiger partial charge in [0.1, 0.15) is 0 Å². The fourth-order valence-corrected chi connectivity index (χ4v) is 8.45. The summed E-state index contributed by atoms with van der Waals surface area (Å²) in [5, 5.41) is 3.31. The van der Waals surface area contributed by atoms with Gasteiger partial charge in [-0.05, 0) is 79.9 Å². The number of hydrogen-bond acceptors (Lipinski definition) is 4. The van der Waals surface area contributed by atoms with Gasteiger partial charge in [0.25, 0.3) is 0 Å². The lowest BCUT2D eigenvalue weighted by Gasteiger charge is -2.34. The number of rotatable bonds is 8. The summed E-state index contributed by atoms with van der Waals surface area (Å²) in [6.07, 6.45) is 0. The van der Waals surface area contributed by atoms with E-state index >= 15 is 0 Å². The summed E-state index contributed by atoms with van der Waals surface area (Å²) >= 11 is 0. The van der Waals surface area contributed by atoms with E-state index in [9.17, 15) is 0 Å². The summed E-state index contributed by atoms with van der Waals surface area (Å²) < 4.78 is 0. The highest BCUT2D eigenvalue weighted by molar-refractivity contribution is 5.90. The second-order valence-electron chi connectivity index (χ2n) is 14.4. The van der Waals surface area contributed by atoms with E-state index < -0.39 is 5.41 Å². The summed E-state index contributed by atoms with van der Waals surface area (Å²) in [6, 6.07) is 73.5. The van der Waals surface area contributed by atoms with Gasteiger partial charge in [-0.2, -0.15) is 0 Å². The summed E-state index contributed by atoms with van der Waals surface area (Å²) in [5.41, 5.74) is 15.6. The van der Waals surface area contributed by atoms with E-state index in [2.05, 4.69) is 151 Å². The molecule has 1 heterocycles. The highest BCUT2D eigenvalue weighted by atomic mass is 15.0. The van der Waals surface area contributed by atoms with Crippen molar-refractivity contribution in [1.82, 2.24) is 15.0 Å². The van der Waals surface area contributed by atoms with Crippen molar-refractivity contribution in [3.63, 3.8) is 0 Å². The molecule has 4 nitrogen and oxygen atoms in total. The third-order valence-electron chi connectivity index (χ3n) is 11.2. The molecule has 9 aromatic rings. The summed E-state index contributed by atoms with van der Waals surface area (Å²) in [6.45, 7) is 0. The highest BCUT2D eigenvalue weighted by Gasteiger charge is 2.46. The Kier molecular flexibility index (Phi) is 8.57. The van der Waals surface area contributed by atoms with Crippen LogP contribution in [0.4, 0.5) is 5.69 Å². The van der Waals surface area contributed by atoms with Crippen LogP contribution in [0.5, 0.6) is 0 Å². The second-order valence-corrected chi connectivity index (χ2v) is 14.4. The molecule has 0 atom stereocenters. The monoisotopic (exact) mass is 730 g/mol. The van der Waals surface area contributed by atoms with Crippen LogP contribution >= 0.6 is 0 Å². The minimum absolute atomic E-state index is 0.535. The lowest BCUT2D eigenvalue weighted by atomic mass is 9.67. The van der Waals surface area contributed by atoms with Gasteiger partial charge in [0, 0.05) is 29.4 Å². The molecule has 0 radical (unpaired) electrons. The van der Waals surface area contributed by atoms with Crippen LogP contribution in [-0.4, -0.2) is 22.0 Å². The van der Waals surface area contributed by atoms with Gasteiger partial charge in [0.05, 0.1) is 5.41 Å². The van der Waals surface area contributed by atoms with Crippen LogP contribution in [0.2, 0.25) is 0 Å². The molecule has 0 saturated carbocycles. The molecule has 0 amide bonds. The van der Waals surface area contributed by atoms with Gasteiger partial charge in [-0.1, -0.05) is 182 Å². The van der Waals surface area contributed by atoms with Crippen LogP contribution in [0.3, 0.4) is 0 Å². The highest BCUT2D eigenvalue weighted by Crippen LogP contribution is 2.57. The molecule has 1 aliphatic rings. The van der Waals surface area contributed by atoms with Gasteiger partial charge in [-0.15, -0.1) is 0 Å². The van der Waals surface area contributed by atoms with Crippen LogP contribution in [0, 0.1) is 0 Å². The van der Waals surface area contributed by atoms with Crippen molar-refractivity contribution < 1.29 is 0 Å². The Morgan fingerprint density at radius 1 is 0.333 bits per heavy atom. The van der Waals surface area contributed by atoms with Gasteiger partial charge in [-0.3, -0.25) is 0 Å². The maximum Gasteiger partial charge on any atom is 0.164 e. The minimum atomic E-state index is -0.535. The van der Waals surface area contributed by atoms with Crippen molar-refractivity contribution in [2.75, 3.05) is 12.4 Å². The number of nitrogens with one attached hydrogen (secondary N) is 1. The van der Waals surface area contributed by atoms with E-state index in [1.165, 1.54) is 44.5 Å². The Morgan fingerprint density at radius 3 is 1.18 bits per heavy atom. The molecule has 270 valence electrons. The third kappa shape index (κ3) is 5.99. The van der Waals surface area contributed by atoms with Gasteiger partial charge < -0.3 is 5.32 Å². The lowest BCUT2D eigenvalue weighted by Crippen LogP contribution is -2.28. The van der Waals surface area contributed by atoms with Gasteiger partial charge >= 0.3 is 0 Å². The second kappa shape index (κ2) is 14.3. The molecular weight excluding hydrogens is 693 g/mol. The van der Waals surface area contributed by atoms with E-state index in [0.717, 1.165) is 33.5 Å². The summed E-state index contributed by atoms with van der Waals surface area (Å²) in [5.74, 6) is 1.94. The van der Waals surface area contributed by atoms with Crippen LogP contribution in [-0.2, 0) is 5.41 Å². The van der Waals surface area contributed by atoms with E-state index in [-0.39, 0.29) is 0 Å². The Hall–Kier alpha value is -7.43. The lowest BCUT2D eigenvalue weighted by molar-refractivity contribution is 0.769. The molecule has 1 aliphatic carbocycles. The molecule has 0 aliphatic heterocycles. The van der Waals surface area contributed by atoms with E-state index in [1.54, 1.807) is 0 Å². The van der Waals surface area contributed by atoms with Crippen molar-refractivity contribution in [1.29, 1.82) is 0 Å². The summed E-state index contributed by atoms with van der Waals surface area (Å²) in [7, 11) is 1.97. The molecule has 0 bridgehead atoms. The van der Waals surface area contributed by atoms with Crippen molar-refractivity contribution in [2.24, 2.45) is 0 Å².